The zero-order valence-electron chi connectivity index (χ0n) is 11.4. The molecule has 3 nitrogen and oxygen atoms in total. The molecule has 0 aromatic heterocycles. The summed E-state index contributed by atoms with van der Waals surface area (Å²) in [6, 6.07) is 10.2. The lowest BCUT2D eigenvalue weighted by atomic mass is 10.2. The second-order valence-electron chi connectivity index (χ2n) is 4.49. The second kappa shape index (κ2) is 6.55. The van der Waals surface area contributed by atoms with E-state index in [0.29, 0.717) is 5.69 Å². The van der Waals surface area contributed by atoms with Gasteiger partial charge in [-0.1, -0.05) is 6.07 Å². The Morgan fingerprint density at radius 3 is 2.32 bits per heavy atom. The molecule has 0 radical (unpaired) electrons. The van der Waals surface area contributed by atoms with Gasteiger partial charge in [0.25, 0.3) is 5.91 Å². The molecule has 0 spiro atoms. The second-order valence-corrected chi connectivity index (χ2v) is 5.65. The summed E-state index contributed by atoms with van der Waals surface area (Å²) in [5.41, 5.74) is 1.95. The summed E-state index contributed by atoms with van der Waals surface area (Å²) in [6.45, 7) is 1.95. The van der Waals surface area contributed by atoms with Crippen molar-refractivity contribution in [3.63, 3.8) is 0 Å². The van der Waals surface area contributed by atoms with E-state index in [4.69, 9.17) is 0 Å². The highest BCUT2D eigenvalue weighted by Crippen LogP contribution is 2.23. The Kier molecular flexibility index (Phi) is 4.94. The van der Waals surface area contributed by atoms with E-state index >= 15 is 0 Å². The van der Waals surface area contributed by atoms with E-state index in [0.717, 1.165) is 21.3 Å². The molecule has 116 valence electrons. The molecular formula is C15H11F3INO2. The third kappa shape index (κ3) is 4.62. The molecule has 2 aromatic carbocycles. The average Bonchev–Trinajstić information content (AvgIpc) is 2.42. The van der Waals surface area contributed by atoms with Crippen molar-refractivity contribution in [1.82, 2.24) is 0 Å². The molecule has 2 aromatic rings. The Balaban J connectivity index is 2.08. The number of carbonyl (C=O) groups excluding carboxylic acids is 1. The van der Waals surface area contributed by atoms with Crippen molar-refractivity contribution in [2.75, 3.05) is 5.32 Å². The highest BCUT2D eigenvalue weighted by atomic mass is 127. The number of ether oxygens (including phenoxy) is 1. The molecule has 7 heteroatoms. The van der Waals surface area contributed by atoms with Crippen LogP contribution in [0, 0.1) is 10.5 Å². The van der Waals surface area contributed by atoms with Gasteiger partial charge in [-0.3, -0.25) is 4.79 Å². The van der Waals surface area contributed by atoms with Crippen LogP contribution in [0.15, 0.2) is 42.5 Å². The monoisotopic (exact) mass is 421 g/mol. The van der Waals surface area contributed by atoms with E-state index in [1.165, 1.54) is 12.1 Å². The quantitative estimate of drug-likeness (QED) is 0.727. The number of carbonyl (C=O) groups is 1. The van der Waals surface area contributed by atoms with Crippen LogP contribution in [0.3, 0.4) is 0 Å². The number of aryl methyl sites for hydroxylation is 1. The van der Waals surface area contributed by atoms with Crippen molar-refractivity contribution < 1.29 is 22.7 Å². The molecule has 2 rings (SSSR count). The van der Waals surface area contributed by atoms with Crippen molar-refractivity contribution >= 4 is 34.2 Å². The van der Waals surface area contributed by atoms with Crippen LogP contribution in [-0.4, -0.2) is 12.3 Å². The van der Waals surface area contributed by atoms with Gasteiger partial charge >= 0.3 is 6.36 Å². The van der Waals surface area contributed by atoms with Crippen LogP contribution in [0.2, 0.25) is 0 Å². The van der Waals surface area contributed by atoms with Gasteiger partial charge in [-0.25, -0.2) is 0 Å². The molecule has 0 atom stereocenters. The van der Waals surface area contributed by atoms with E-state index in [-0.39, 0.29) is 11.3 Å². The van der Waals surface area contributed by atoms with E-state index in [2.05, 4.69) is 32.6 Å². The zero-order chi connectivity index (χ0) is 16.3. The Morgan fingerprint density at radius 1 is 1.14 bits per heavy atom. The number of benzene rings is 2. The number of nitrogens with one attached hydrogen (secondary N) is 1. The molecule has 1 N–H and O–H groups in total. The fourth-order valence-electron chi connectivity index (χ4n) is 1.68. The molecule has 0 saturated heterocycles. The number of halogens is 4. The molecule has 22 heavy (non-hydrogen) atoms. The molecule has 0 aliphatic rings. The Labute approximate surface area is 138 Å². The first kappa shape index (κ1) is 16.6. The molecule has 0 unspecified atom stereocenters. The maximum Gasteiger partial charge on any atom is 0.573 e. The van der Waals surface area contributed by atoms with Gasteiger partial charge in [0.2, 0.25) is 0 Å². The number of alkyl halides is 3. The first-order chi connectivity index (χ1) is 10.2. The van der Waals surface area contributed by atoms with Crippen molar-refractivity contribution in [1.29, 1.82) is 0 Å². The van der Waals surface area contributed by atoms with Crippen molar-refractivity contribution in [3.05, 3.63) is 57.2 Å². The zero-order valence-corrected chi connectivity index (χ0v) is 13.5. The average molecular weight is 421 g/mol. The lowest BCUT2D eigenvalue weighted by Gasteiger charge is -2.10. The maximum atomic E-state index is 12.1. The van der Waals surface area contributed by atoms with Gasteiger partial charge in [-0.2, -0.15) is 0 Å². The van der Waals surface area contributed by atoms with Gasteiger partial charge in [-0.05, 0) is 71.5 Å². The van der Waals surface area contributed by atoms with Crippen LogP contribution in [0.5, 0.6) is 5.75 Å². The van der Waals surface area contributed by atoms with Crippen LogP contribution in [0.25, 0.3) is 0 Å². The van der Waals surface area contributed by atoms with Crippen molar-refractivity contribution in [2.45, 2.75) is 13.3 Å². The minimum absolute atomic E-state index is 0.241. The minimum atomic E-state index is -4.75. The first-order valence-corrected chi connectivity index (χ1v) is 7.26. The van der Waals surface area contributed by atoms with Crippen molar-refractivity contribution in [2.24, 2.45) is 0 Å². The molecule has 0 bridgehead atoms. The van der Waals surface area contributed by atoms with Crippen LogP contribution >= 0.6 is 22.6 Å². The largest absolute Gasteiger partial charge is 0.573 e. The number of amides is 1. The highest BCUT2D eigenvalue weighted by molar-refractivity contribution is 14.1. The number of hydrogen-bond acceptors (Lipinski definition) is 2. The number of hydrogen-bond donors (Lipinski definition) is 1. The van der Waals surface area contributed by atoms with Crippen LogP contribution in [0.1, 0.15) is 15.9 Å². The van der Waals surface area contributed by atoms with Gasteiger partial charge in [0.05, 0.1) is 0 Å². The van der Waals surface area contributed by atoms with Gasteiger partial charge in [0.15, 0.2) is 0 Å². The Hall–Kier alpha value is -1.77. The lowest BCUT2D eigenvalue weighted by Crippen LogP contribution is -2.17. The third-order valence-electron chi connectivity index (χ3n) is 2.78. The number of anilines is 1. The first-order valence-electron chi connectivity index (χ1n) is 6.18. The van der Waals surface area contributed by atoms with Crippen molar-refractivity contribution in [3.8, 4) is 5.75 Å². The topological polar surface area (TPSA) is 38.3 Å². The smallest absolute Gasteiger partial charge is 0.406 e. The lowest BCUT2D eigenvalue weighted by molar-refractivity contribution is -0.274. The molecule has 0 aliphatic heterocycles. The predicted molar refractivity (Wildman–Crippen MR) is 85.0 cm³/mol. The Morgan fingerprint density at radius 2 is 1.77 bits per heavy atom. The summed E-state index contributed by atoms with van der Waals surface area (Å²) in [5.74, 6) is -0.771. The van der Waals surface area contributed by atoms with Crippen LogP contribution in [-0.2, 0) is 0 Å². The van der Waals surface area contributed by atoms with Crippen LogP contribution < -0.4 is 10.1 Å². The molecule has 0 aliphatic carbocycles. The highest BCUT2D eigenvalue weighted by Gasteiger charge is 2.31. The SMILES string of the molecule is Cc1ccc(NC(=O)c2ccc(OC(F)(F)F)cc2)cc1I. The maximum absolute atomic E-state index is 12.1. The van der Waals surface area contributed by atoms with E-state index in [1.807, 2.05) is 19.1 Å². The van der Waals surface area contributed by atoms with E-state index in [1.54, 1.807) is 6.07 Å². The molecule has 0 heterocycles. The molecular weight excluding hydrogens is 410 g/mol. The summed E-state index contributed by atoms with van der Waals surface area (Å²) in [4.78, 5) is 12.0. The fourth-order valence-corrected chi connectivity index (χ4v) is 2.20. The normalized spacial score (nSPS) is 11.1. The molecule has 0 saturated carbocycles. The summed E-state index contributed by atoms with van der Waals surface area (Å²) in [5, 5.41) is 2.69. The van der Waals surface area contributed by atoms with Gasteiger partial charge in [0.1, 0.15) is 5.75 Å². The van der Waals surface area contributed by atoms with E-state index < -0.39 is 12.3 Å². The minimum Gasteiger partial charge on any atom is -0.406 e. The summed E-state index contributed by atoms with van der Waals surface area (Å²) in [6.07, 6.45) is -4.75. The molecule has 1 amide bonds. The van der Waals surface area contributed by atoms with Gasteiger partial charge < -0.3 is 10.1 Å². The fraction of sp³-hybridized carbons (Fsp3) is 0.133. The van der Waals surface area contributed by atoms with E-state index in [9.17, 15) is 18.0 Å². The summed E-state index contributed by atoms with van der Waals surface area (Å²) in [7, 11) is 0. The molecule has 0 fully saturated rings. The predicted octanol–water partition coefficient (Wildman–Crippen LogP) is 4.75. The van der Waals surface area contributed by atoms with Crippen LogP contribution in [0.4, 0.5) is 18.9 Å². The summed E-state index contributed by atoms with van der Waals surface area (Å²) < 4.78 is 40.9. The van der Waals surface area contributed by atoms with Gasteiger partial charge in [-0.15, -0.1) is 13.2 Å². The third-order valence-corrected chi connectivity index (χ3v) is 3.94. The summed E-state index contributed by atoms with van der Waals surface area (Å²) >= 11 is 2.15. The standard InChI is InChI=1S/C15H11F3INO2/c1-9-2-5-11(8-13(9)19)20-14(21)10-3-6-12(7-4-10)22-15(16,17)18/h2-8H,1H3,(H,20,21). The number of rotatable bonds is 3. The Bertz CT molecular complexity index is 684. The van der Waals surface area contributed by atoms with Gasteiger partial charge in [0, 0.05) is 14.8 Å².